The molecule has 1 aromatic heterocycles. The van der Waals surface area contributed by atoms with E-state index in [-0.39, 0.29) is 5.41 Å². The Balaban J connectivity index is 2.26. The van der Waals surface area contributed by atoms with Crippen LogP contribution in [0.15, 0.2) is 42.7 Å². The molecule has 0 radical (unpaired) electrons. The molecule has 2 aromatic rings. The van der Waals surface area contributed by atoms with E-state index < -0.39 is 0 Å². The Bertz CT molecular complexity index is 511. The molecule has 0 fully saturated rings. The van der Waals surface area contributed by atoms with Gasteiger partial charge in [-0.1, -0.05) is 51.1 Å². The van der Waals surface area contributed by atoms with Gasteiger partial charge >= 0.3 is 0 Å². The van der Waals surface area contributed by atoms with Gasteiger partial charge in [0.1, 0.15) is 5.82 Å². The fourth-order valence-electron chi connectivity index (χ4n) is 2.15. The molecule has 3 heteroatoms. The van der Waals surface area contributed by atoms with E-state index in [0.29, 0.717) is 5.92 Å². The zero-order valence-corrected chi connectivity index (χ0v) is 12.8. The largest absolute Gasteiger partial charge is 0.331 e. The summed E-state index contributed by atoms with van der Waals surface area (Å²) >= 11 is 4.51. The molecule has 0 N–H and O–H groups in total. The molecule has 19 heavy (non-hydrogen) atoms. The summed E-state index contributed by atoms with van der Waals surface area (Å²) in [6.07, 6.45) is 3.94. The van der Waals surface area contributed by atoms with Gasteiger partial charge in [0, 0.05) is 24.5 Å². The summed E-state index contributed by atoms with van der Waals surface area (Å²) in [6.45, 7) is 7.77. The van der Waals surface area contributed by atoms with Gasteiger partial charge in [-0.2, -0.15) is 12.6 Å². The van der Waals surface area contributed by atoms with Gasteiger partial charge in [0.05, 0.1) is 0 Å². The average molecular weight is 274 g/mol. The Morgan fingerprint density at radius 2 is 1.89 bits per heavy atom. The minimum absolute atomic E-state index is 0.250. The van der Waals surface area contributed by atoms with E-state index in [1.54, 1.807) is 0 Å². The van der Waals surface area contributed by atoms with Gasteiger partial charge in [0.15, 0.2) is 0 Å². The smallest absolute Gasteiger partial charge is 0.139 e. The van der Waals surface area contributed by atoms with Crippen LogP contribution in [0.3, 0.4) is 0 Å². The molecule has 0 aliphatic heterocycles. The number of thiol groups is 1. The van der Waals surface area contributed by atoms with E-state index in [0.717, 1.165) is 18.1 Å². The number of nitrogens with zero attached hydrogens (tertiary/aromatic N) is 2. The number of hydrogen-bond donors (Lipinski definition) is 1. The van der Waals surface area contributed by atoms with Crippen molar-refractivity contribution in [3.05, 3.63) is 42.7 Å². The summed E-state index contributed by atoms with van der Waals surface area (Å²) in [5.41, 5.74) is 1.42. The van der Waals surface area contributed by atoms with E-state index in [4.69, 9.17) is 0 Å². The lowest BCUT2D eigenvalue weighted by atomic mass is 9.82. The third kappa shape index (κ3) is 3.41. The summed E-state index contributed by atoms with van der Waals surface area (Å²) in [4.78, 5) is 4.49. The molecule has 0 saturated carbocycles. The zero-order chi connectivity index (χ0) is 13.9. The lowest BCUT2D eigenvalue weighted by Gasteiger charge is -2.30. The van der Waals surface area contributed by atoms with Crippen molar-refractivity contribution in [2.24, 2.45) is 11.3 Å². The van der Waals surface area contributed by atoms with Crippen molar-refractivity contribution in [1.82, 2.24) is 9.55 Å². The molecule has 0 spiro atoms. The third-order valence-corrected chi connectivity index (χ3v) is 4.05. The molecule has 102 valence electrons. The highest BCUT2D eigenvalue weighted by atomic mass is 32.1. The number of rotatable bonds is 4. The molecule has 2 rings (SSSR count). The number of imidazole rings is 1. The highest BCUT2D eigenvalue weighted by Gasteiger charge is 2.24. The SMILES string of the molecule is CC(C)(C)C(CS)Cn1ccnc1-c1ccccc1. The molecular weight excluding hydrogens is 252 g/mol. The maximum atomic E-state index is 4.51. The minimum Gasteiger partial charge on any atom is -0.331 e. The molecule has 0 aliphatic carbocycles. The van der Waals surface area contributed by atoms with Crippen molar-refractivity contribution < 1.29 is 0 Å². The predicted octanol–water partition coefficient (Wildman–Crippen LogP) is 4.14. The topological polar surface area (TPSA) is 17.8 Å². The molecule has 0 saturated heterocycles. The van der Waals surface area contributed by atoms with Crippen molar-refractivity contribution in [2.75, 3.05) is 5.75 Å². The standard InChI is InChI=1S/C16H22N2S/c1-16(2,3)14(12-19)11-18-10-9-17-15(18)13-7-5-4-6-8-13/h4-10,14,19H,11-12H2,1-3H3. The van der Waals surface area contributed by atoms with Crippen molar-refractivity contribution >= 4 is 12.6 Å². The van der Waals surface area contributed by atoms with Gasteiger partial charge < -0.3 is 4.57 Å². The molecule has 1 heterocycles. The van der Waals surface area contributed by atoms with Crippen molar-refractivity contribution in [1.29, 1.82) is 0 Å². The van der Waals surface area contributed by atoms with Gasteiger partial charge in [-0.3, -0.25) is 0 Å². The Hall–Kier alpha value is -1.22. The fraction of sp³-hybridized carbons (Fsp3) is 0.438. The van der Waals surface area contributed by atoms with Gasteiger partial charge in [-0.25, -0.2) is 4.98 Å². The average Bonchev–Trinajstić information content (AvgIpc) is 2.83. The fourth-order valence-corrected chi connectivity index (χ4v) is 2.81. The van der Waals surface area contributed by atoms with Crippen LogP contribution in [0, 0.1) is 11.3 Å². The molecule has 1 atom stereocenters. The molecule has 0 bridgehead atoms. The molecular formula is C16H22N2S. The Morgan fingerprint density at radius 1 is 1.21 bits per heavy atom. The van der Waals surface area contributed by atoms with Crippen LogP contribution >= 0.6 is 12.6 Å². The van der Waals surface area contributed by atoms with E-state index >= 15 is 0 Å². The van der Waals surface area contributed by atoms with Crippen LogP contribution in [-0.4, -0.2) is 15.3 Å². The number of benzene rings is 1. The summed E-state index contributed by atoms with van der Waals surface area (Å²) in [6, 6.07) is 10.3. The van der Waals surface area contributed by atoms with E-state index in [1.165, 1.54) is 5.56 Å². The Morgan fingerprint density at radius 3 is 2.47 bits per heavy atom. The van der Waals surface area contributed by atoms with Crippen LogP contribution in [-0.2, 0) is 6.54 Å². The monoisotopic (exact) mass is 274 g/mol. The first-order valence-electron chi connectivity index (χ1n) is 6.70. The third-order valence-electron chi connectivity index (χ3n) is 3.61. The summed E-state index contributed by atoms with van der Waals surface area (Å²) in [5.74, 6) is 2.44. The number of aromatic nitrogens is 2. The van der Waals surface area contributed by atoms with E-state index in [1.807, 2.05) is 24.4 Å². The van der Waals surface area contributed by atoms with Crippen LogP contribution in [0.25, 0.3) is 11.4 Å². The first kappa shape index (κ1) is 14.2. The Labute approximate surface area is 121 Å². The van der Waals surface area contributed by atoms with Gasteiger partial charge in [0.25, 0.3) is 0 Å². The lowest BCUT2D eigenvalue weighted by molar-refractivity contribution is 0.239. The molecule has 1 unspecified atom stereocenters. The van der Waals surface area contributed by atoms with Crippen LogP contribution in [0.5, 0.6) is 0 Å². The second-order valence-electron chi connectivity index (χ2n) is 6.01. The van der Waals surface area contributed by atoms with Crippen molar-refractivity contribution in [3.8, 4) is 11.4 Å². The second kappa shape index (κ2) is 5.83. The lowest BCUT2D eigenvalue weighted by Crippen LogP contribution is -2.26. The van der Waals surface area contributed by atoms with Crippen LogP contribution < -0.4 is 0 Å². The van der Waals surface area contributed by atoms with E-state index in [2.05, 4.69) is 61.3 Å². The molecule has 2 nitrogen and oxygen atoms in total. The molecule has 0 amide bonds. The van der Waals surface area contributed by atoms with Crippen molar-refractivity contribution in [2.45, 2.75) is 27.3 Å². The molecule has 1 aromatic carbocycles. The predicted molar refractivity (Wildman–Crippen MR) is 84.5 cm³/mol. The zero-order valence-electron chi connectivity index (χ0n) is 11.9. The van der Waals surface area contributed by atoms with Gasteiger partial charge in [0.2, 0.25) is 0 Å². The van der Waals surface area contributed by atoms with Crippen molar-refractivity contribution in [3.63, 3.8) is 0 Å². The Kier molecular flexibility index (Phi) is 4.35. The van der Waals surface area contributed by atoms with Crippen LogP contribution in [0.1, 0.15) is 20.8 Å². The second-order valence-corrected chi connectivity index (χ2v) is 6.38. The first-order chi connectivity index (χ1) is 9.02. The summed E-state index contributed by atoms with van der Waals surface area (Å²) < 4.78 is 2.24. The van der Waals surface area contributed by atoms with Gasteiger partial charge in [-0.15, -0.1) is 0 Å². The highest BCUT2D eigenvalue weighted by molar-refractivity contribution is 7.80. The first-order valence-corrected chi connectivity index (χ1v) is 7.33. The maximum absolute atomic E-state index is 4.51. The quantitative estimate of drug-likeness (QED) is 0.830. The molecule has 0 aliphatic rings. The minimum atomic E-state index is 0.250. The van der Waals surface area contributed by atoms with Crippen LogP contribution in [0.2, 0.25) is 0 Å². The van der Waals surface area contributed by atoms with Crippen LogP contribution in [0.4, 0.5) is 0 Å². The van der Waals surface area contributed by atoms with E-state index in [9.17, 15) is 0 Å². The number of hydrogen-bond acceptors (Lipinski definition) is 2. The van der Waals surface area contributed by atoms with Gasteiger partial charge in [-0.05, 0) is 17.1 Å². The normalized spacial score (nSPS) is 13.5. The highest BCUT2D eigenvalue weighted by Crippen LogP contribution is 2.29. The summed E-state index contributed by atoms with van der Waals surface area (Å²) in [7, 11) is 0. The maximum Gasteiger partial charge on any atom is 0.139 e. The summed E-state index contributed by atoms with van der Waals surface area (Å²) in [5, 5.41) is 0.